The Kier molecular flexibility index (Phi) is 5.98. The molecule has 8 nitrogen and oxygen atoms in total. The maximum absolute atomic E-state index is 14.0. The van der Waals surface area contributed by atoms with Crippen LogP contribution in [0, 0.1) is 24.4 Å². The number of ether oxygens (including phenoxy) is 1. The van der Waals surface area contributed by atoms with Gasteiger partial charge in [0.05, 0.1) is 24.5 Å². The monoisotopic (exact) mass is 513 g/mol. The average molecular weight is 514 g/mol. The lowest BCUT2D eigenvalue weighted by Crippen LogP contribution is -2.56. The minimum absolute atomic E-state index is 0.0232. The first-order valence-electron chi connectivity index (χ1n) is 11.7. The number of benzene rings is 2. The summed E-state index contributed by atoms with van der Waals surface area (Å²) in [7, 11) is 1.55. The molecule has 1 unspecified atom stereocenters. The van der Waals surface area contributed by atoms with Gasteiger partial charge in [0.15, 0.2) is 40.8 Å². The highest BCUT2D eigenvalue weighted by Gasteiger charge is 2.51. The Labute approximate surface area is 211 Å². The van der Waals surface area contributed by atoms with Crippen LogP contribution in [0.2, 0.25) is 0 Å². The van der Waals surface area contributed by atoms with Crippen molar-refractivity contribution in [2.75, 3.05) is 12.4 Å². The molecule has 5 rings (SSSR count). The molecular formula is C26H26F3N5O3. The van der Waals surface area contributed by atoms with Crippen LogP contribution in [0.1, 0.15) is 38.4 Å². The van der Waals surface area contributed by atoms with Gasteiger partial charge in [0.2, 0.25) is 0 Å². The standard InChI is InChI=1S/C26H26F3N5O3/c1-14-30-13-21(37-14)17-7-6-15(10-20(17)36-4)23-32-33-24-26(25(2,3)35,8-5-9-34(23)24)31-16-11-18(27)22(29)19(28)12-16/h6-7,10-13,31,35H,5,8-9H2,1-4H3. The van der Waals surface area contributed by atoms with E-state index in [0.29, 0.717) is 54.0 Å². The van der Waals surface area contributed by atoms with Crippen molar-refractivity contribution in [3.8, 4) is 28.5 Å². The molecule has 2 aromatic carbocycles. The number of anilines is 1. The molecule has 0 aliphatic carbocycles. The SMILES string of the molecule is COc1cc(-c2nnc3n2CCCC3(Nc2cc(F)c(F)c(F)c2)C(C)(C)O)ccc1-c1cnc(C)o1. The maximum Gasteiger partial charge on any atom is 0.194 e. The first-order valence-corrected chi connectivity index (χ1v) is 11.7. The fourth-order valence-electron chi connectivity index (χ4n) is 4.90. The van der Waals surface area contributed by atoms with Gasteiger partial charge in [-0.25, -0.2) is 18.2 Å². The van der Waals surface area contributed by atoms with E-state index in [4.69, 9.17) is 9.15 Å². The summed E-state index contributed by atoms with van der Waals surface area (Å²) >= 11 is 0. The highest BCUT2D eigenvalue weighted by Crippen LogP contribution is 2.44. The third kappa shape index (κ3) is 4.12. The van der Waals surface area contributed by atoms with Gasteiger partial charge in [0, 0.05) is 36.9 Å². The molecule has 0 saturated heterocycles. The summed E-state index contributed by atoms with van der Waals surface area (Å²) in [5.74, 6) is -1.67. The van der Waals surface area contributed by atoms with Crippen molar-refractivity contribution < 1.29 is 27.4 Å². The largest absolute Gasteiger partial charge is 0.496 e. The third-order valence-electron chi connectivity index (χ3n) is 6.80. The number of oxazole rings is 1. The van der Waals surface area contributed by atoms with Crippen molar-refractivity contribution in [2.45, 2.75) is 51.3 Å². The summed E-state index contributed by atoms with van der Waals surface area (Å²) in [6.45, 7) is 5.47. The van der Waals surface area contributed by atoms with Gasteiger partial charge in [0.1, 0.15) is 11.3 Å². The van der Waals surface area contributed by atoms with Crippen LogP contribution in [-0.2, 0) is 12.1 Å². The molecule has 0 radical (unpaired) electrons. The predicted octanol–water partition coefficient (Wildman–Crippen LogP) is 5.21. The number of halogens is 3. The van der Waals surface area contributed by atoms with Crippen LogP contribution in [-0.4, -0.2) is 37.6 Å². The molecule has 194 valence electrons. The van der Waals surface area contributed by atoms with Crippen molar-refractivity contribution in [1.82, 2.24) is 19.7 Å². The van der Waals surface area contributed by atoms with E-state index in [9.17, 15) is 18.3 Å². The molecule has 1 aliphatic heterocycles. The quantitative estimate of drug-likeness (QED) is 0.342. The number of methoxy groups -OCH3 is 1. The molecule has 0 fully saturated rings. The number of hydrogen-bond donors (Lipinski definition) is 2. The molecule has 3 heterocycles. The lowest BCUT2D eigenvalue weighted by molar-refractivity contribution is -0.0109. The summed E-state index contributed by atoms with van der Waals surface area (Å²) in [6.07, 6.45) is 2.62. The summed E-state index contributed by atoms with van der Waals surface area (Å²) in [5.41, 5.74) is -1.30. The van der Waals surface area contributed by atoms with Gasteiger partial charge in [-0.15, -0.1) is 10.2 Å². The molecule has 0 saturated carbocycles. The molecule has 2 aromatic heterocycles. The molecule has 0 spiro atoms. The number of aromatic nitrogens is 4. The van der Waals surface area contributed by atoms with Crippen molar-refractivity contribution in [2.24, 2.45) is 0 Å². The van der Waals surface area contributed by atoms with Crippen molar-refractivity contribution in [1.29, 1.82) is 0 Å². The summed E-state index contributed by atoms with van der Waals surface area (Å²) in [6, 6.07) is 7.21. The van der Waals surface area contributed by atoms with Crippen LogP contribution in [0.3, 0.4) is 0 Å². The lowest BCUT2D eigenvalue weighted by Gasteiger charge is -2.46. The molecule has 4 aromatic rings. The zero-order valence-electron chi connectivity index (χ0n) is 20.8. The fraction of sp³-hybridized carbons (Fsp3) is 0.346. The fourth-order valence-corrected chi connectivity index (χ4v) is 4.90. The van der Waals surface area contributed by atoms with E-state index in [2.05, 4.69) is 20.5 Å². The topological polar surface area (TPSA) is 98.2 Å². The van der Waals surface area contributed by atoms with Crippen LogP contribution >= 0.6 is 0 Å². The van der Waals surface area contributed by atoms with Gasteiger partial charge in [-0.05, 0) is 38.8 Å². The van der Waals surface area contributed by atoms with Gasteiger partial charge in [0.25, 0.3) is 0 Å². The molecule has 37 heavy (non-hydrogen) atoms. The van der Waals surface area contributed by atoms with E-state index in [-0.39, 0.29) is 5.69 Å². The molecule has 11 heteroatoms. The zero-order chi connectivity index (χ0) is 26.5. The Morgan fingerprint density at radius 3 is 2.49 bits per heavy atom. The van der Waals surface area contributed by atoms with Crippen LogP contribution in [0.25, 0.3) is 22.7 Å². The maximum atomic E-state index is 14.0. The van der Waals surface area contributed by atoms with Crippen molar-refractivity contribution in [3.05, 3.63) is 65.7 Å². The van der Waals surface area contributed by atoms with Crippen LogP contribution in [0.4, 0.5) is 18.9 Å². The van der Waals surface area contributed by atoms with E-state index >= 15 is 0 Å². The molecule has 0 bridgehead atoms. The second-order valence-electron chi connectivity index (χ2n) is 9.60. The number of rotatable bonds is 6. The number of aliphatic hydroxyl groups is 1. The van der Waals surface area contributed by atoms with Crippen LogP contribution < -0.4 is 10.1 Å². The highest BCUT2D eigenvalue weighted by atomic mass is 19.2. The van der Waals surface area contributed by atoms with Crippen LogP contribution in [0.5, 0.6) is 5.75 Å². The Morgan fingerprint density at radius 2 is 1.86 bits per heavy atom. The van der Waals surface area contributed by atoms with Gasteiger partial charge >= 0.3 is 0 Å². The smallest absolute Gasteiger partial charge is 0.194 e. The molecule has 1 aliphatic rings. The van der Waals surface area contributed by atoms with E-state index in [1.165, 1.54) is 0 Å². The first kappa shape index (κ1) is 24.8. The number of hydrogen-bond acceptors (Lipinski definition) is 7. The van der Waals surface area contributed by atoms with E-state index < -0.39 is 28.6 Å². The predicted molar refractivity (Wildman–Crippen MR) is 129 cm³/mol. The summed E-state index contributed by atoms with van der Waals surface area (Å²) in [4.78, 5) is 4.14. The van der Waals surface area contributed by atoms with Gasteiger partial charge in [-0.3, -0.25) is 0 Å². The second kappa shape index (κ2) is 8.91. The number of nitrogens with zero attached hydrogens (tertiary/aromatic N) is 4. The number of nitrogens with one attached hydrogen (secondary N) is 1. The third-order valence-corrected chi connectivity index (χ3v) is 6.80. The van der Waals surface area contributed by atoms with Crippen molar-refractivity contribution >= 4 is 5.69 Å². The molecule has 0 amide bonds. The Bertz CT molecular complexity index is 1450. The Hall–Kier alpha value is -3.86. The number of aryl methyl sites for hydroxylation is 1. The van der Waals surface area contributed by atoms with E-state index in [0.717, 1.165) is 17.7 Å². The van der Waals surface area contributed by atoms with E-state index in [1.807, 2.05) is 22.8 Å². The Balaban J connectivity index is 1.60. The summed E-state index contributed by atoms with van der Waals surface area (Å²) < 4.78 is 54.7. The Morgan fingerprint density at radius 1 is 1.14 bits per heavy atom. The van der Waals surface area contributed by atoms with E-state index in [1.54, 1.807) is 34.1 Å². The minimum atomic E-state index is -1.56. The molecule has 1 atom stereocenters. The minimum Gasteiger partial charge on any atom is -0.496 e. The summed E-state index contributed by atoms with van der Waals surface area (Å²) in [5, 5.41) is 23.2. The van der Waals surface area contributed by atoms with Gasteiger partial charge in [-0.2, -0.15) is 0 Å². The highest BCUT2D eigenvalue weighted by molar-refractivity contribution is 5.71. The van der Waals surface area contributed by atoms with Gasteiger partial charge in [-0.1, -0.05) is 6.07 Å². The first-order chi connectivity index (χ1) is 17.5. The van der Waals surface area contributed by atoms with Crippen molar-refractivity contribution in [3.63, 3.8) is 0 Å². The normalized spacial score (nSPS) is 17.5. The average Bonchev–Trinajstić information content (AvgIpc) is 3.48. The van der Waals surface area contributed by atoms with Crippen LogP contribution in [0.15, 0.2) is 40.9 Å². The lowest BCUT2D eigenvalue weighted by atomic mass is 9.75. The second-order valence-corrected chi connectivity index (χ2v) is 9.60. The zero-order valence-corrected chi connectivity index (χ0v) is 20.8. The molecular weight excluding hydrogens is 487 g/mol. The number of fused-ring (bicyclic) bond motifs is 1. The van der Waals surface area contributed by atoms with Gasteiger partial charge < -0.3 is 24.1 Å². The molecule has 2 N–H and O–H groups in total.